The van der Waals surface area contributed by atoms with Crippen molar-refractivity contribution in [3.05, 3.63) is 60.3 Å². The van der Waals surface area contributed by atoms with Gasteiger partial charge >= 0.3 is 6.03 Å². The van der Waals surface area contributed by atoms with Crippen LogP contribution >= 0.6 is 0 Å². The molecule has 0 unspecified atom stereocenters. The van der Waals surface area contributed by atoms with E-state index >= 15 is 0 Å². The summed E-state index contributed by atoms with van der Waals surface area (Å²) in [6.07, 6.45) is 0. The van der Waals surface area contributed by atoms with E-state index in [1.807, 2.05) is 61.5 Å². The Hall–Kier alpha value is -3.69. The number of nitrogens with one attached hydrogen (secondary N) is 2. The number of carbonyl (C=O) groups excluding carboxylic acids is 1. The van der Waals surface area contributed by atoms with E-state index in [-0.39, 0.29) is 6.03 Å². The Morgan fingerprint density at radius 3 is 2.26 bits per heavy atom. The molecule has 0 bridgehead atoms. The van der Waals surface area contributed by atoms with Crippen LogP contribution in [0.25, 0.3) is 11.4 Å². The van der Waals surface area contributed by atoms with Crippen LogP contribution in [0.3, 0.4) is 0 Å². The lowest BCUT2D eigenvalue weighted by molar-refractivity contribution is 0.145. The van der Waals surface area contributed by atoms with Crippen molar-refractivity contribution in [1.29, 1.82) is 0 Å². The second-order valence-electron chi connectivity index (χ2n) is 8.24. The van der Waals surface area contributed by atoms with Gasteiger partial charge in [-0.3, -0.25) is 4.90 Å². The number of nitrogens with two attached hydrogens (primary N) is 1. The number of amides is 2. The first-order chi connectivity index (χ1) is 16.5. The number of anilines is 3. The van der Waals surface area contributed by atoms with Gasteiger partial charge in [-0.25, -0.2) is 14.8 Å². The lowest BCUT2D eigenvalue weighted by atomic mass is 10.2. The van der Waals surface area contributed by atoms with Crippen molar-refractivity contribution in [3.63, 3.8) is 0 Å². The fraction of sp³-hybridized carbons (Fsp3) is 0.320. The third-order valence-electron chi connectivity index (χ3n) is 5.65. The summed E-state index contributed by atoms with van der Waals surface area (Å²) < 4.78 is 5.79. The molecule has 1 saturated heterocycles. The Morgan fingerprint density at radius 1 is 0.971 bits per heavy atom. The molecule has 0 spiro atoms. The van der Waals surface area contributed by atoms with Crippen molar-refractivity contribution < 1.29 is 9.53 Å². The van der Waals surface area contributed by atoms with Crippen molar-refractivity contribution in [2.24, 2.45) is 0 Å². The number of aromatic nitrogens is 2. The minimum atomic E-state index is -0.310. The molecule has 0 saturated carbocycles. The zero-order valence-electron chi connectivity index (χ0n) is 19.6. The number of likely N-dealkylation sites (N-methyl/N-ethyl adjacent to an activating group) is 1. The molecule has 2 heterocycles. The molecule has 2 aromatic carbocycles. The second-order valence-corrected chi connectivity index (χ2v) is 8.24. The Kier molecular flexibility index (Phi) is 7.56. The number of hydrogen-bond donors (Lipinski definition) is 3. The molecular formula is C25H31N7O2. The molecule has 1 fully saturated rings. The van der Waals surface area contributed by atoms with Gasteiger partial charge in [-0.15, -0.1) is 0 Å². The summed E-state index contributed by atoms with van der Waals surface area (Å²) in [6.45, 7) is 7.04. The summed E-state index contributed by atoms with van der Waals surface area (Å²) >= 11 is 0. The molecule has 0 atom stereocenters. The molecule has 1 aliphatic heterocycles. The van der Waals surface area contributed by atoms with E-state index in [1.54, 1.807) is 0 Å². The van der Waals surface area contributed by atoms with E-state index in [2.05, 4.69) is 32.5 Å². The van der Waals surface area contributed by atoms with Crippen LogP contribution in [0.5, 0.6) is 5.75 Å². The van der Waals surface area contributed by atoms with Gasteiger partial charge < -0.3 is 26.0 Å². The molecule has 9 heteroatoms. The SMILES string of the molecule is CCOc1c(N)nc(-c2ccc(NC(=O)Nc3ccccc3)cc2)nc1CN1CCN(C)CC1. The number of nitrogen functional groups attached to an aromatic ring is 1. The molecule has 2 amide bonds. The quantitative estimate of drug-likeness (QED) is 0.494. The Bertz CT molecular complexity index is 1100. The topological polar surface area (TPSA) is 109 Å². The van der Waals surface area contributed by atoms with Crippen molar-refractivity contribution in [2.75, 3.05) is 56.2 Å². The minimum Gasteiger partial charge on any atom is -0.488 e. The van der Waals surface area contributed by atoms with Crippen molar-refractivity contribution >= 4 is 23.2 Å². The molecule has 4 N–H and O–H groups in total. The number of hydrogen-bond acceptors (Lipinski definition) is 7. The minimum absolute atomic E-state index is 0.310. The average molecular weight is 462 g/mol. The maximum atomic E-state index is 12.2. The summed E-state index contributed by atoms with van der Waals surface area (Å²) in [7, 11) is 2.13. The molecule has 34 heavy (non-hydrogen) atoms. The largest absolute Gasteiger partial charge is 0.488 e. The van der Waals surface area contributed by atoms with E-state index in [9.17, 15) is 4.79 Å². The summed E-state index contributed by atoms with van der Waals surface area (Å²) in [6, 6.07) is 16.3. The number of ether oxygens (including phenoxy) is 1. The second kappa shape index (κ2) is 11.0. The van der Waals surface area contributed by atoms with E-state index in [4.69, 9.17) is 15.5 Å². The van der Waals surface area contributed by atoms with Crippen molar-refractivity contribution in [3.8, 4) is 17.1 Å². The van der Waals surface area contributed by atoms with Crippen LogP contribution in [0.15, 0.2) is 54.6 Å². The van der Waals surface area contributed by atoms with Gasteiger partial charge in [0.05, 0.1) is 6.61 Å². The maximum absolute atomic E-state index is 12.2. The van der Waals surface area contributed by atoms with Crippen LogP contribution in [0.1, 0.15) is 12.6 Å². The van der Waals surface area contributed by atoms with Gasteiger partial charge in [-0.05, 0) is 50.4 Å². The first kappa shape index (κ1) is 23.5. The fourth-order valence-corrected chi connectivity index (χ4v) is 3.79. The highest BCUT2D eigenvalue weighted by Gasteiger charge is 2.20. The van der Waals surface area contributed by atoms with Crippen LogP contribution < -0.4 is 21.1 Å². The van der Waals surface area contributed by atoms with Crippen LogP contribution in [0.2, 0.25) is 0 Å². The molecule has 9 nitrogen and oxygen atoms in total. The van der Waals surface area contributed by atoms with Crippen LogP contribution in [-0.4, -0.2) is 65.6 Å². The van der Waals surface area contributed by atoms with Gasteiger partial charge in [-0.1, -0.05) is 18.2 Å². The van der Waals surface area contributed by atoms with Gasteiger partial charge in [0.1, 0.15) is 5.69 Å². The van der Waals surface area contributed by atoms with Gasteiger partial charge in [0.25, 0.3) is 0 Å². The monoisotopic (exact) mass is 461 g/mol. The third kappa shape index (κ3) is 6.00. The molecule has 3 aromatic rings. The number of nitrogens with zero attached hydrogens (tertiary/aromatic N) is 4. The van der Waals surface area contributed by atoms with Gasteiger partial charge in [0.15, 0.2) is 17.4 Å². The Morgan fingerprint density at radius 2 is 1.62 bits per heavy atom. The Labute approximate surface area is 199 Å². The highest BCUT2D eigenvalue weighted by atomic mass is 16.5. The smallest absolute Gasteiger partial charge is 0.323 e. The van der Waals surface area contributed by atoms with Crippen molar-refractivity contribution in [1.82, 2.24) is 19.8 Å². The lowest BCUT2D eigenvalue weighted by Gasteiger charge is -2.32. The Balaban J connectivity index is 1.49. The van der Waals surface area contributed by atoms with Gasteiger partial charge in [0, 0.05) is 49.7 Å². The average Bonchev–Trinajstić information content (AvgIpc) is 2.83. The van der Waals surface area contributed by atoms with Crippen molar-refractivity contribution in [2.45, 2.75) is 13.5 Å². The molecular weight excluding hydrogens is 430 g/mol. The van der Waals surface area contributed by atoms with E-state index in [0.29, 0.717) is 36.2 Å². The van der Waals surface area contributed by atoms with Crippen LogP contribution in [-0.2, 0) is 6.54 Å². The zero-order chi connectivity index (χ0) is 23.9. The lowest BCUT2D eigenvalue weighted by Crippen LogP contribution is -2.44. The normalized spacial score (nSPS) is 14.5. The highest BCUT2D eigenvalue weighted by Crippen LogP contribution is 2.29. The van der Waals surface area contributed by atoms with E-state index in [1.165, 1.54) is 0 Å². The molecule has 1 aliphatic rings. The van der Waals surface area contributed by atoms with E-state index < -0.39 is 0 Å². The third-order valence-corrected chi connectivity index (χ3v) is 5.65. The molecule has 4 rings (SSSR count). The van der Waals surface area contributed by atoms with E-state index in [0.717, 1.165) is 43.1 Å². The molecule has 1 aromatic heterocycles. The predicted octanol–water partition coefficient (Wildman–Crippen LogP) is 3.52. The number of benzene rings is 2. The molecule has 0 aliphatic carbocycles. The number of para-hydroxylation sites is 1. The number of rotatable bonds is 7. The summed E-state index contributed by atoms with van der Waals surface area (Å²) in [5.41, 5.74) is 9.26. The summed E-state index contributed by atoms with van der Waals surface area (Å²) in [4.78, 5) is 26.2. The summed E-state index contributed by atoms with van der Waals surface area (Å²) in [5, 5.41) is 5.63. The first-order valence-corrected chi connectivity index (χ1v) is 11.5. The standard InChI is InChI=1S/C25H31N7O2/c1-3-34-22-21(17-32-15-13-31(2)14-16-32)29-24(30-23(22)26)18-9-11-20(12-10-18)28-25(33)27-19-7-5-4-6-8-19/h4-12H,3,13-17H2,1-2H3,(H2,26,29,30)(H2,27,28,33). The van der Waals surface area contributed by atoms with Gasteiger partial charge in [0.2, 0.25) is 0 Å². The maximum Gasteiger partial charge on any atom is 0.323 e. The highest BCUT2D eigenvalue weighted by molar-refractivity contribution is 5.99. The van der Waals surface area contributed by atoms with Crippen LogP contribution in [0.4, 0.5) is 22.0 Å². The fourth-order valence-electron chi connectivity index (χ4n) is 3.79. The van der Waals surface area contributed by atoms with Crippen LogP contribution in [0, 0.1) is 0 Å². The molecule has 178 valence electrons. The predicted molar refractivity (Wildman–Crippen MR) is 135 cm³/mol. The number of carbonyl (C=O) groups is 1. The number of urea groups is 1. The van der Waals surface area contributed by atoms with Gasteiger partial charge in [-0.2, -0.15) is 0 Å². The summed E-state index contributed by atoms with van der Waals surface area (Å²) in [5.74, 6) is 1.42. The zero-order valence-corrected chi connectivity index (χ0v) is 19.6. The number of piperazine rings is 1. The first-order valence-electron chi connectivity index (χ1n) is 11.5. The molecule has 0 radical (unpaired) electrons.